The molecule has 0 radical (unpaired) electrons. The molecule has 5 nitrogen and oxygen atoms in total. The minimum absolute atomic E-state index is 0.166. The highest BCUT2D eigenvalue weighted by Gasteiger charge is 2.33. The Morgan fingerprint density at radius 2 is 1.95 bits per heavy atom. The monoisotopic (exact) mass is 286 g/mol. The van der Waals surface area contributed by atoms with E-state index in [1.165, 1.54) is 6.26 Å². The Morgan fingerprint density at radius 1 is 1.19 bits per heavy atom. The molecule has 0 spiro atoms. The van der Waals surface area contributed by atoms with Crippen molar-refractivity contribution in [2.45, 2.75) is 19.1 Å². The van der Waals surface area contributed by atoms with Crippen molar-refractivity contribution < 1.29 is 23.8 Å². The van der Waals surface area contributed by atoms with Gasteiger partial charge in [0.1, 0.15) is 6.61 Å². The number of hydrogen-bond donors (Lipinski definition) is 0. The molecule has 1 aromatic rings. The SMILES string of the molecule is CC1=C[C@H](O/C=C2\C(=O)OC[C@@H]2c2ccccc2)OC1=O. The number of cyclic esters (lactones) is 2. The van der Waals surface area contributed by atoms with Crippen molar-refractivity contribution in [1.29, 1.82) is 0 Å². The highest BCUT2D eigenvalue weighted by atomic mass is 16.7. The zero-order valence-electron chi connectivity index (χ0n) is 11.4. The topological polar surface area (TPSA) is 61.8 Å². The zero-order chi connectivity index (χ0) is 14.8. The molecule has 0 aromatic heterocycles. The molecule has 0 aliphatic carbocycles. The summed E-state index contributed by atoms with van der Waals surface area (Å²) in [4.78, 5) is 23.0. The van der Waals surface area contributed by atoms with Crippen LogP contribution in [0.15, 0.2) is 53.8 Å². The van der Waals surface area contributed by atoms with Crippen LogP contribution in [0.3, 0.4) is 0 Å². The molecule has 2 aliphatic heterocycles. The quantitative estimate of drug-likeness (QED) is 0.483. The maximum atomic E-state index is 11.8. The summed E-state index contributed by atoms with van der Waals surface area (Å²) in [5.41, 5.74) is 1.90. The summed E-state index contributed by atoms with van der Waals surface area (Å²) >= 11 is 0. The highest BCUT2D eigenvalue weighted by molar-refractivity contribution is 5.92. The van der Waals surface area contributed by atoms with E-state index in [1.54, 1.807) is 13.0 Å². The number of benzene rings is 1. The van der Waals surface area contributed by atoms with Crippen LogP contribution in [0.5, 0.6) is 0 Å². The lowest BCUT2D eigenvalue weighted by Crippen LogP contribution is -2.11. The molecule has 0 saturated carbocycles. The fourth-order valence-electron chi connectivity index (χ4n) is 2.28. The first-order valence-corrected chi connectivity index (χ1v) is 6.62. The lowest BCUT2D eigenvalue weighted by Gasteiger charge is -2.11. The number of hydrogen-bond acceptors (Lipinski definition) is 5. The summed E-state index contributed by atoms with van der Waals surface area (Å²) in [6, 6.07) is 9.58. The highest BCUT2D eigenvalue weighted by Crippen LogP contribution is 2.31. The molecule has 0 amide bonds. The van der Waals surface area contributed by atoms with Crippen LogP contribution in [0.4, 0.5) is 0 Å². The van der Waals surface area contributed by atoms with E-state index in [0.29, 0.717) is 11.1 Å². The van der Waals surface area contributed by atoms with Gasteiger partial charge in [-0.15, -0.1) is 0 Å². The standard InChI is InChI=1S/C16H14O5/c1-10-7-14(21-15(10)17)19-9-13-12(8-20-16(13)18)11-5-3-2-4-6-11/h2-7,9,12,14H,8H2,1H3/b13-9-/t12-,14-/m1/s1. The fourth-order valence-corrected chi connectivity index (χ4v) is 2.28. The van der Waals surface area contributed by atoms with Gasteiger partial charge in [0.15, 0.2) is 0 Å². The van der Waals surface area contributed by atoms with Gasteiger partial charge in [0.25, 0.3) is 6.29 Å². The van der Waals surface area contributed by atoms with Crippen molar-refractivity contribution in [2.24, 2.45) is 0 Å². The van der Waals surface area contributed by atoms with Gasteiger partial charge in [-0.25, -0.2) is 9.59 Å². The van der Waals surface area contributed by atoms with E-state index in [0.717, 1.165) is 5.56 Å². The lowest BCUT2D eigenvalue weighted by atomic mass is 9.94. The molecule has 1 aromatic carbocycles. The summed E-state index contributed by atoms with van der Waals surface area (Å²) in [6.45, 7) is 1.94. The Balaban J connectivity index is 1.77. The van der Waals surface area contributed by atoms with Gasteiger partial charge < -0.3 is 14.2 Å². The maximum Gasteiger partial charge on any atom is 0.337 e. The van der Waals surface area contributed by atoms with E-state index >= 15 is 0 Å². The second-order valence-corrected chi connectivity index (χ2v) is 4.89. The van der Waals surface area contributed by atoms with Gasteiger partial charge in [-0.1, -0.05) is 30.3 Å². The normalized spacial score (nSPS) is 26.5. The third-order valence-electron chi connectivity index (χ3n) is 3.45. The predicted molar refractivity (Wildman–Crippen MR) is 72.9 cm³/mol. The smallest absolute Gasteiger partial charge is 0.337 e. The predicted octanol–water partition coefficient (Wildman–Crippen LogP) is 2.06. The van der Waals surface area contributed by atoms with Crippen LogP contribution >= 0.6 is 0 Å². The molecule has 0 bridgehead atoms. The average molecular weight is 286 g/mol. The first-order valence-electron chi connectivity index (χ1n) is 6.62. The maximum absolute atomic E-state index is 11.8. The van der Waals surface area contributed by atoms with Crippen LogP contribution in [-0.4, -0.2) is 24.8 Å². The van der Waals surface area contributed by atoms with Crippen LogP contribution in [0, 0.1) is 0 Å². The van der Waals surface area contributed by atoms with Crippen molar-refractivity contribution in [3.63, 3.8) is 0 Å². The Bertz CT molecular complexity index is 629. The van der Waals surface area contributed by atoms with Crippen LogP contribution in [0.25, 0.3) is 0 Å². The second-order valence-electron chi connectivity index (χ2n) is 4.89. The Hall–Kier alpha value is -2.56. The summed E-state index contributed by atoms with van der Waals surface area (Å²) in [5.74, 6) is -0.984. The van der Waals surface area contributed by atoms with Crippen molar-refractivity contribution >= 4 is 11.9 Å². The van der Waals surface area contributed by atoms with E-state index in [2.05, 4.69) is 0 Å². The molecular weight excluding hydrogens is 272 g/mol. The van der Waals surface area contributed by atoms with Crippen molar-refractivity contribution in [3.8, 4) is 0 Å². The van der Waals surface area contributed by atoms with E-state index < -0.39 is 18.2 Å². The van der Waals surface area contributed by atoms with E-state index in [9.17, 15) is 9.59 Å². The van der Waals surface area contributed by atoms with Crippen LogP contribution < -0.4 is 0 Å². The number of carbonyl (C=O) groups is 2. The number of rotatable bonds is 3. The number of carbonyl (C=O) groups excluding carboxylic acids is 2. The van der Waals surface area contributed by atoms with Gasteiger partial charge in [0.05, 0.1) is 17.8 Å². The molecule has 108 valence electrons. The van der Waals surface area contributed by atoms with Gasteiger partial charge in [-0.2, -0.15) is 0 Å². The van der Waals surface area contributed by atoms with E-state index in [1.807, 2.05) is 30.3 Å². The molecule has 0 N–H and O–H groups in total. The van der Waals surface area contributed by atoms with Crippen molar-refractivity contribution in [3.05, 3.63) is 59.4 Å². The molecular formula is C16H14O5. The summed E-state index contributed by atoms with van der Waals surface area (Å²) < 4.78 is 15.4. The van der Waals surface area contributed by atoms with Gasteiger partial charge in [-0.3, -0.25) is 0 Å². The van der Waals surface area contributed by atoms with Crippen molar-refractivity contribution in [2.75, 3.05) is 6.61 Å². The Morgan fingerprint density at radius 3 is 2.62 bits per heavy atom. The zero-order valence-corrected chi connectivity index (χ0v) is 11.4. The molecule has 5 heteroatoms. The second kappa shape index (κ2) is 5.44. The van der Waals surface area contributed by atoms with Gasteiger partial charge in [-0.05, 0) is 12.5 Å². The Kier molecular flexibility index (Phi) is 3.48. The van der Waals surface area contributed by atoms with E-state index in [4.69, 9.17) is 14.2 Å². The van der Waals surface area contributed by atoms with E-state index in [-0.39, 0.29) is 12.5 Å². The Labute approximate surface area is 121 Å². The largest absolute Gasteiger partial charge is 0.461 e. The molecule has 2 aliphatic rings. The molecule has 1 fully saturated rings. The molecule has 1 saturated heterocycles. The number of ether oxygens (including phenoxy) is 3. The third-order valence-corrected chi connectivity index (χ3v) is 3.45. The van der Waals surface area contributed by atoms with Gasteiger partial charge in [0, 0.05) is 11.6 Å². The van der Waals surface area contributed by atoms with Gasteiger partial charge in [0.2, 0.25) is 0 Å². The molecule has 2 atom stereocenters. The molecule has 0 unspecified atom stereocenters. The lowest BCUT2D eigenvalue weighted by molar-refractivity contribution is -0.152. The van der Waals surface area contributed by atoms with Crippen LogP contribution in [0.1, 0.15) is 18.4 Å². The third kappa shape index (κ3) is 2.67. The summed E-state index contributed by atoms with van der Waals surface area (Å²) in [6.07, 6.45) is 2.12. The first-order chi connectivity index (χ1) is 10.1. The van der Waals surface area contributed by atoms with Gasteiger partial charge >= 0.3 is 11.9 Å². The minimum atomic E-state index is -0.783. The summed E-state index contributed by atoms with van der Waals surface area (Å²) in [7, 11) is 0. The molecule has 3 rings (SSSR count). The minimum Gasteiger partial charge on any atom is -0.461 e. The summed E-state index contributed by atoms with van der Waals surface area (Å²) in [5, 5.41) is 0. The number of esters is 2. The fraction of sp³-hybridized carbons (Fsp3) is 0.250. The molecule has 2 heterocycles. The van der Waals surface area contributed by atoms with Crippen LogP contribution in [0.2, 0.25) is 0 Å². The average Bonchev–Trinajstić information content (AvgIpc) is 3.01. The van der Waals surface area contributed by atoms with Crippen LogP contribution in [-0.2, 0) is 23.8 Å². The van der Waals surface area contributed by atoms with Crippen molar-refractivity contribution in [1.82, 2.24) is 0 Å². The first kappa shape index (κ1) is 13.4. The molecule has 21 heavy (non-hydrogen) atoms.